The van der Waals surface area contributed by atoms with Gasteiger partial charge in [0, 0.05) is 30.9 Å². The highest BCUT2D eigenvalue weighted by molar-refractivity contribution is 7.09. The smallest absolute Gasteiger partial charge is 0.222 e. The molecule has 0 spiro atoms. The van der Waals surface area contributed by atoms with Crippen LogP contribution < -0.4 is 5.73 Å². The number of aryl methyl sites for hydroxylation is 1. The van der Waals surface area contributed by atoms with Gasteiger partial charge in [-0.15, -0.1) is 11.3 Å². The van der Waals surface area contributed by atoms with Crippen LogP contribution in [0.1, 0.15) is 24.6 Å². The molecule has 0 saturated carbocycles. The molecule has 0 radical (unpaired) electrons. The van der Waals surface area contributed by atoms with E-state index in [-0.39, 0.29) is 11.9 Å². The highest BCUT2D eigenvalue weighted by Gasteiger charge is 2.13. The third-order valence-electron chi connectivity index (χ3n) is 2.79. The minimum absolute atomic E-state index is 0.134. The van der Waals surface area contributed by atoms with E-state index in [1.165, 1.54) is 4.88 Å². The van der Waals surface area contributed by atoms with Gasteiger partial charge in [-0.3, -0.25) is 4.79 Å². The molecule has 1 rings (SSSR count). The molecular weight excluding hydrogens is 220 g/mol. The number of likely N-dealkylation sites (N-methyl/N-ethyl adjacent to an activating group) is 1. The maximum Gasteiger partial charge on any atom is 0.222 e. The van der Waals surface area contributed by atoms with E-state index >= 15 is 0 Å². The highest BCUT2D eigenvalue weighted by Crippen LogP contribution is 2.12. The molecule has 0 aliphatic heterocycles. The molecule has 90 valence electrons. The Morgan fingerprint density at radius 3 is 2.94 bits per heavy atom. The molecule has 4 heteroatoms. The standard InChI is InChI=1S/C12H20N2OS/c1-10(9-13)14(2)12(15)7-3-5-11-6-4-8-16-11/h4,6,8,10H,3,5,7,9,13H2,1-2H3. The van der Waals surface area contributed by atoms with Gasteiger partial charge in [0.2, 0.25) is 5.91 Å². The molecule has 1 unspecified atom stereocenters. The minimum Gasteiger partial charge on any atom is -0.342 e. The number of hydrogen-bond donors (Lipinski definition) is 1. The van der Waals surface area contributed by atoms with Crippen LogP contribution in [0, 0.1) is 0 Å². The van der Waals surface area contributed by atoms with Crippen LogP contribution >= 0.6 is 11.3 Å². The summed E-state index contributed by atoms with van der Waals surface area (Å²) >= 11 is 1.75. The number of nitrogens with zero attached hydrogens (tertiary/aromatic N) is 1. The van der Waals surface area contributed by atoms with Crippen molar-refractivity contribution < 1.29 is 4.79 Å². The van der Waals surface area contributed by atoms with Crippen molar-refractivity contribution in [2.45, 2.75) is 32.2 Å². The molecule has 1 aromatic rings. The van der Waals surface area contributed by atoms with Gasteiger partial charge < -0.3 is 10.6 Å². The molecule has 3 nitrogen and oxygen atoms in total. The number of nitrogens with two attached hydrogens (primary N) is 1. The van der Waals surface area contributed by atoms with Gasteiger partial charge in [-0.05, 0) is 31.2 Å². The zero-order valence-corrected chi connectivity index (χ0v) is 10.8. The molecule has 1 aromatic heterocycles. The van der Waals surface area contributed by atoms with Gasteiger partial charge in [0.05, 0.1) is 0 Å². The first-order chi connectivity index (χ1) is 7.65. The summed E-state index contributed by atoms with van der Waals surface area (Å²) in [7, 11) is 1.82. The van der Waals surface area contributed by atoms with Crippen LogP contribution in [0.2, 0.25) is 0 Å². The van der Waals surface area contributed by atoms with E-state index in [2.05, 4.69) is 11.4 Å². The normalized spacial score (nSPS) is 12.4. The van der Waals surface area contributed by atoms with Gasteiger partial charge in [-0.25, -0.2) is 0 Å². The Bertz CT molecular complexity index is 311. The third-order valence-corrected chi connectivity index (χ3v) is 3.73. The number of hydrogen-bond acceptors (Lipinski definition) is 3. The Morgan fingerprint density at radius 1 is 1.62 bits per heavy atom. The lowest BCUT2D eigenvalue weighted by atomic mass is 10.2. The molecule has 0 fully saturated rings. The van der Waals surface area contributed by atoms with E-state index in [1.54, 1.807) is 16.2 Å². The van der Waals surface area contributed by atoms with E-state index < -0.39 is 0 Å². The van der Waals surface area contributed by atoms with Gasteiger partial charge in [-0.1, -0.05) is 6.07 Å². The van der Waals surface area contributed by atoms with E-state index in [9.17, 15) is 4.79 Å². The van der Waals surface area contributed by atoms with Crippen molar-refractivity contribution in [2.75, 3.05) is 13.6 Å². The van der Waals surface area contributed by atoms with E-state index in [4.69, 9.17) is 5.73 Å². The summed E-state index contributed by atoms with van der Waals surface area (Å²) in [6.45, 7) is 2.49. The van der Waals surface area contributed by atoms with Gasteiger partial charge in [0.25, 0.3) is 0 Å². The molecule has 0 aromatic carbocycles. The number of carbonyl (C=O) groups excluding carboxylic acids is 1. The summed E-state index contributed by atoms with van der Waals surface area (Å²) in [6, 6.07) is 4.29. The Morgan fingerprint density at radius 2 is 2.38 bits per heavy atom. The SMILES string of the molecule is CC(CN)N(C)C(=O)CCCc1cccs1. The first-order valence-electron chi connectivity index (χ1n) is 5.63. The van der Waals surface area contributed by atoms with Crippen LogP contribution in [0.15, 0.2) is 17.5 Å². The second kappa shape index (κ2) is 6.66. The van der Waals surface area contributed by atoms with Gasteiger partial charge in [0.15, 0.2) is 0 Å². The summed E-state index contributed by atoms with van der Waals surface area (Å²) in [4.78, 5) is 14.8. The maximum absolute atomic E-state index is 11.7. The van der Waals surface area contributed by atoms with Crippen molar-refractivity contribution in [1.29, 1.82) is 0 Å². The molecule has 0 bridgehead atoms. The summed E-state index contributed by atoms with van der Waals surface area (Å²) < 4.78 is 0. The number of amides is 1. The largest absolute Gasteiger partial charge is 0.342 e. The van der Waals surface area contributed by atoms with Crippen LogP contribution in [0.3, 0.4) is 0 Å². The van der Waals surface area contributed by atoms with Crippen molar-refractivity contribution in [3.8, 4) is 0 Å². The quantitative estimate of drug-likeness (QED) is 0.825. The van der Waals surface area contributed by atoms with Crippen molar-refractivity contribution >= 4 is 17.2 Å². The fourth-order valence-electron chi connectivity index (χ4n) is 1.45. The average molecular weight is 240 g/mol. The lowest BCUT2D eigenvalue weighted by Crippen LogP contribution is -2.39. The van der Waals surface area contributed by atoms with Gasteiger partial charge in [-0.2, -0.15) is 0 Å². The maximum atomic E-state index is 11.7. The van der Waals surface area contributed by atoms with Crippen LogP contribution in [0.25, 0.3) is 0 Å². The summed E-state index contributed by atoms with van der Waals surface area (Å²) in [6.07, 6.45) is 2.52. The Balaban J connectivity index is 2.24. The lowest BCUT2D eigenvalue weighted by molar-refractivity contribution is -0.131. The molecule has 0 aliphatic carbocycles. The van der Waals surface area contributed by atoms with Crippen LogP contribution in [0.4, 0.5) is 0 Å². The second-order valence-electron chi connectivity index (χ2n) is 4.02. The monoisotopic (exact) mass is 240 g/mol. The highest BCUT2D eigenvalue weighted by atomic mass is 32.1. The fraction of sp³-hybridized carbons (Fsp3) is 0.583. The molecule has 1 amide bonds. The van der Waals surface area contributed by atoms with Crippen molar-refractivity contribution in [2.24, 2.45) is 5.73 Å². The summed E-state index contributed by atoms with van der Waals surface area (Å²) in [5, 5.41) is 2.07. The molecule has 1 heterocycles. The van der Waals surface area contributed by atoms with Crippen LogP contribution in [0.5, 0.6) is 0 Å². The van der Waals surface area contributed by atoms with Crippen molar-refractivity contribution in [3.63, 3.8) is 0 Å². The van der Waals surface area contributed by atoms with E-state index in [0.29, 0.717) is 13.0 Å². The van der Waals surface area contributed by atoms with Gasteiger partial charge >= 0.3 is 0 Å². The third kappa shape index (κ3) is 3.94. The topological polar surface area (TPSA) is 46.3 Å². The predicted molar refractivity (Wildman–Crippen MR) is 68.5 cm³/mol. The zero-order valence-electron chi connectivity index (χ0n) is 9.98. The van der Waals surface area contributed by atoms with Crippen LogP contribution in [-0.4, -0.2) is 30.4 Å². The second-order valence-corrected chi connectivity index (χ2v) is 5.05. The number of carbonyl (C=O) groups is 1. The molecule has 0 saturated heterocycles. The molecule has 2 N–H and O–H groups in total. The van der Waals surface area contributed by atoms with Crippen molar-refractivity contribution in [1.82, 2.24) is 4.90 Å². The average Bonchev–Trinajstić information content (AvgIpc) is 2.79. The first-order valence-corrected chi connectivity index (χ1v) is 6.51. The first kappa shape index (κ1) is 13.2. The molecule has 16 heavy (non-hydrogen) atoms. The van der Waals surface area contributed by atoms with Gasteiger partial charge in [0.1, 0.15) is 0 Å². The molecular formula is C12H20N2OS. The molecule has 0 aliphatic rings. The van der Waals surface area contributed by atoms with Crippen molar-refractivity contribution in [3.05, 3.63) is 22.4 Å². The Labute approximate surface area is 101 Å². The molecule has 1 atom stereocenters. The number of thiophene rings is 1. The van der Waals surface area contributed by atoms with E-state index in [1.807, 2.05) is 20.0 Å². The fourth-order valence-corrected chi connectivity index (χ4v) is 2.20. The lowest BCUT2D eigenvalue weighted by Gasteiger charge is -2.23. The summed E-state index contributed by atoms with van der Waals surface area (Å²) in [5.74, 6) is 0.189. The Kier molecular flexibility index (Phi) is 5.49. The Hall–Kier alpha value is -0.870. The summed E-state index contributed by atoms with van der Waals surface area (Å²) in [5.41, 5.74) is 5.52. The predicted octanol–water partition coefficient (Wildman–Crippen LogP) is 1.88. The minimum atomic E-state index is 0.134. The van der Waals surface area contributed by atoms with E-state index in [0.717, 1.165) is 12.8 Å². The number of rotatable bonds is 6. The van der Waals surface area contributed by atoms with Crippen LogP contribution in [-0.2, 0) is 11.2 Å². The zero-order chi connectivity index (χ0) is 12.0.